The molecule has 1 fully saturated rings. The maximum Gasteiger partial charge on any atom is 0.0538 e. The molecule has 1 saturated heterocycles. The fourth-order valence-corrected chi connectivity index (χ4v) is 2.85. The smallest absolute Gasteiger partial charge is 0.0538 e. The van der Waals surface area contributed by atoms with Crippen molar-refractivity contribution in [1.82, 2.24) is 19.6 Å². The van der Waals surface area contributed by atoms with E-state index in [0.29, 0.717) is 12.6 Å². The van der Waals surface area contributed by atoms with Crippen molar-refractivity contribution in [2.45, 2.75) is 24.9 Å². The summed E-state index contributed by atoms with van der Waals surface area (Å²) < 4.78 is 1.84. The Bertz CT molecular complexity index is 375. The van der Waals surface area contributed by atoms with Crippen LogP contribution in [0.5, 0.6) is 0 Å². The first-order valence-electron chi connectivity index (χ1n) is 6.71. The molecule has 0 radical (unpaired) electrons. The van der Waals surface area contributed by atoms with Crippen LogP contribution < -0.4 is 5.73 Å². The largest absolute Gasteiger partial charge is 0.329 e. The summed E-state index contributed by atoms with van der Waals surface area (Å²) in [5, 5.41) is 4.24. The molecule has 0 aromatic carbocycles. The Labute approximate surface area is 110 Å². The van der Waals surface area contributed by atoms with E-state index in [9.17, 15) is 0 Å². The van der Waals surface area contributed by atoms with E-state index in [1.54, 1.807) is 0 Å². The molecule has 102 valence electrons. The van der Waals surface area contributed by atoms with Crippen molar-refractivity contribution in [2.24, 2.45) is 12.8 Å². The molecule has 18 heavy (non-hydrogen) atoms. The fraction of sp³-hybridized carbons (Fsp3) is 0.769. The summed E-state index contributed by atoms with van der Waals surface area (Å²) >= 11 is 0. The second-order valence-corrected chi connectivity index (χ2v) is 5.42. The summed E-state index contributed by atoms with van der Waals surface area (Å²) in [7, 11) is 6.32. The molecule has 5 heteroatoms. The van der Waals surface area contributed by atoms with Gasteiger partial charge in [-0.25, -0.2) is 0 Å². The van der Waals surface area contributed by atoms with Crippen LogP contribution in [0.1, 0.15) is 24.4 Å². The number of nitrogens with two attached hydrogens (primary N) is 1. The lowest BCUT2D eigenvalue weighted by Crippen LogP contribution is -2.40. The Kier molecular flexibility index (Phi) is 4.37. The van der Waals surface area contributed by atoms with Gasteiger partial charge in [0.2, 0.25) is 0 Å². The Hall–Kier alpha value is -0.910. The monoisotopic (exact) mass is 251 g/mol. The van der Waals surface area contributed by atoms with E-state index in [2.05, 4.69) is 35.2 Å². The summed E-state index contributed by atoms with van der Waals surface area (Å²) in [6.07, 6.45) is 6.60. The number of hydrogen-bond donors (Lipinski definition) is 1. The van der Waals surface area contributed by atoms with Gasteiger partial charge >= 0.3 is 0 Å². The lowest BCUT2D eigenvalue weighted by molar-refractivity contribution is 0.179. The van der Waals surface area contributed by atoms with Crippen LogP contribution in [-0.4, -0.2) is 59.4 Å². The molecule has 2 rings (SSSR count). The number of likely N-dealkylation sites (N-methyl/N-ethyl adjacent to an activating group) is 2. The Balaban J connectivity index is 1.99. The first-order chi connectivity index (χ1) is 8.61. The topological polar surface area (TPSA) is 50.3 Å². The van der Waals surface area contributed by atoms with Crippen LogP contribution in [0.3, 0.4) is 0 Å². The molecule has 5 nitrogen and oxygen atoms in total. The van der Waals surface area contributed by atoms with Gasteiger partial charge in [0.15, 0.2) is 0 Å². The third kappa shape index (κ3) is 2.91. The predicted octanol–water partition coefficient (Wildman–Crippen LogP) is 0.446. The Morgan fingerprint density at radius 2 is 2.33 bits per heavy atom. The van der Waals surface area contributed by atoms with E-state index in [4.69, 9.17) is 5.73 Å². The van der Waals surface area contributed by atoms with Crippen LogP contribution in [0.2, 0.25) is 0 Å². The Morgan fingerprint density at radius 3 is 2.83 bits per heavy atom. The average molecular weight is 251 g/mol. The molecule has 1 aliphatic rings. The van der Waals surface area contributed by atoms with Gasteiger partial charge in [-0.15, -0.1) is 0 Å². The van der Waals surface area contributed by atoms with Gasteiger partial charge in [-0.1, -0.05) is 0 Å². The third-order valence-electron chi connectivity index (χ3n) is 4.04. The van der Waals surface area contributed by atoms with E-state index in [1.807, 2.05) is 17.9 Å². The molecule has 1 aromatic heterocycles. The van der Waals surface area contributed by atoms with Crippen molar-refractivity contribution in [3.63, 3.8) is 0 Å². The number of nitrogens with zero attached hydrogens (tertiary/aromatic N) is 4. The van der Waals surface area contributed by atoms with Gasteiger partial charge in [0.05, 0.1) is 6.20 Å². The first kappa shape index (κ1) is 13.5. The summed E-state index contributed by atoms with van der Waals surface area (Å²) in [5.41, 5.74) is 7.14. The molecule has 0 saturated carbocycles. The van der Waals surface area contributed by atoms with Gasteiger partial charge in [0, 0.05) is 44.0 Å². The zero-order valence-electron chi connectivity index (χ0n) is 11.7. The molecule has 1 aliphatic heterocycles. The van der Waals surface area contributed by atoms with Gasteiger partial charge in [0.25, 0.3) is 0 Å². The first-order valence-corrected chi connectivity index (χ1v) is 6.71. The summed E-state index contributed by atoms with van der Waals surface area (Å²) in [5.74, 6) is 0. The molecule has 0 spiro atoms. The molecule has 2 heterocycles. The molecule has 2 atom stereocenters. The number of hydrogen-bond acceptors (Lipinski definition) is 4. The summed E-state index contributed by atoms with van der Waals surface area (Å²) in [6.45, 7) is 2.94. The summed E-state index contributed by atoms with van der Waals surface area (Å²) in [4.78, 5) is 4.82. The Morgan fingerprint density at radius 1 is 1.56 bits per heavy atom. The molecule has 1 aromatic rings. The highest BCUT2D eigenvalue weighted by Crippen LogP contribution is 2.21. The number of aryl methyl sites for hydroxylation is 1. The van der Waals surface area contributed by atoms with Crippen LogP contribution in [0.15, 0.2) is 12.4 Å². The zero-order valence-corrected chi connectivity index (χ0v) is 11.7. The highest BCUT2D eigenvalue weighted by Gasteiger charge is 2.25. The molecule has 2 unspecified atom stereocenters. The summed E-state index contributed by atoms with van der Waals surface area (Å²) in [6, 6.07) is 0.938. The normalized spacial score (nSPS) is 22.8. The van der Waals surface area contributed by atoms with Crippen molar-refractivity contribution < 1.29 is 0 Å². The van der Waals surface area contributed by atoms with Crippen molar-refractivity contribution in [1.29, 1.82) is 0 Å². The van der Waals surface area contributed by atoms with Gasteiger partial charge in [-0.05, 0) is 33.5 Å². The van der Waals surface area contributed by atoms with Crippen LogP contribution >= 0.6 is 0 Å². The van der Waals surface area contributed by atoms with Crippen LogP contribution in [0.25, 0.3) is 0 Å². The lowest BCUT2D eigenvalue weighted by atomic mass is 10.1. The van der Waals surface area contributed by atoms with Crippen molar-refractivity contribution >= 4 is 0 Å². The zero-order chi connectivity index (χ0) is 13.1. The van der Waals surface area contributed by atoms with Crippen molar-refractivity contribution in [3.8, 4) is 0 Å². The molecule has 0 amide bonds. The minimum absolute atomic E-state index is 0.271. The second kappa shape index (κ2) is 5.82. The van der Waals surface area contributed by atoms with E-state index in [0.717, 1.165) is 6.54 Å². The molecular weight excluding hydrogens is 226 g/mol. The van der Waals surface area contributed by atoms with Crippen LogP contribution in [-0.2, 0) is 7.05 Å². The maximum atomic E-state index is 5.93. The highest BCUT2D eigenvalue weighted by atomic mass is 15.3. The number of likely N-dealkylation sites (tertiary alicyclic amines) is 1. The van der Waals surface area contributed by atoms with E-state index in [-0.39, 0.29) is 6.04 Å². The second-order valence-electron chi connectivity index (χ2n) is 5.42. The molecule has 2 N–H and O–H groups in total. The van der Waals surface area contributed by atoms with Gasteiger partial charge in [0.1, 0.15) is 0 Å². The van der Waals surface area contributed by atoms with Crippen molar-refractivity contribution in [3.05, 3.63) is 18.0 Å². The van der Waals surface area contributed by atoms with Gasteiger partial charge in [-0.3, -0.25) is 9.58 Å². The third-order valence-corrected chi connectivity index (χ3v) is 4.04. The van der Waals surface area contributed by atoms with E-state index >= 15 is 0 Å². The quantitative estimate of drug-likeness (QED) is 0.825. The minimum atomic E-state index is 0.271. The van der Waals surface area contributed by atoms with Crippen molar-refractivity contribution in [2.75, 3.05) is 33.7 Å². The average Bonchev–Trinajstić information content (AvgIpc) is 2.91. The van der Waals surface area contributed by atoms with Gasteiger partial charge in [-0.2, -0.15) is 5.10 Å². The van der Waals surface area contributed by atoms with E-state index in [1.165, 1.54) is 24.9 Å². The number of rotatable bonds is 5. The predicted molar refractivity (Wildman–Crippen MR) is 73.3 cm³/mol. The standard InChI is InChI=1S/C13H25N5/c1-16-6-4-5-12(16)10-17(2)13(7-14)11-8-15-18(3)9-11/h8-9,12-13H,4-7,10,14H2,1-3H3. The SMILES string of the molecule is CN1CCCC1CN(C)C(CN)c1cnn(C)c1. The minimum Gasteiger partial charge on any atom is -0.329 e. The van der Waals surface area contributed by atoms with Gasteiger partial charge < -0.3 is 10.6 Å². The molecule has 0 aliphatic carbocycles. The lowest BCUT2D eigenvalue weighted by Gasteiger charge is -2.31. The fourth-order valence-electron chi connectivity index (χ4n) is 2.85. The number of aromatic nitrogens is 2. The molecule has 0 bridgehead atoms. The van der Waals surface area contributed by atoms with Crippen LogP contribution in [0, 0.1) is 0 Å². The molecular formula is C13H25N5. The maximum absolute atomic E-state index is 5.93. The highest BCUT2D eigenvalue weighted by molar-refractivity contribution is 5.11. The van der Waals surface area contributed by atoms with E-state index < -0.39 is 0 Å². The van der Waals surface area contributed by atoms with Crippen LogP contribution in [0.4, 0.5) is 0 Å².